The lowest BCUT2D eigenvalue weighted by molar-refractivity contribution is 0.0697. The lowest BCUT2D eigenvalue weighted by atomic mass is 10.1. The number of amides is 1. The van der Waals surface area contributed by atoms with Crippen molar-refractivity contribution in [2.45, 2.75) is 20.3 Å². The van der Waals surface area contributed by atoms with Crippen LogP contribution in [0.25, 0.3) is 0 Å². The predicted molar refractivity (Wildman–Crippen MR) is 73.6 cm³/mol. The second-order valence-corrected chi connectivity index (χ2v) is 4.40. The number of phenols is 1. The van der Waals surface area contributed by atoms with Crippen molar-refractivity contribution < 1.29 is 24.3 Å². The number of carboxylic acid groups (broad SMARTS) is 1. The average Bonchev–Trinajstić information content (AvgIpc) is 2.81. The molecule has 0 spiro atoms. The minimum atomic E-state index is -1.25. The Morgan fingerprint density at radius 1 is 1.38 bits per heavy atom. The predicted octanol–water partition coefficient (Wildman–Crippen LogP) is 2.20. The first kappa shape index (κ1) is 14.6. The van der Waals surface area contributed by atoms with Crippen molar-refractivity contribution in [3.05, 3.63) is 40.8 Å². The number of carbonyl (C=O) groups excluding carboxylic acids is 1. The molecule has 1 aromatic carbocycles. The average molecular weight is 290 g/mol. The van der Waals surface area contributed by atoms with Gasteiger partial charge in [-0.15, -0.1) is 0 Å². The first-order valence-corrected chi connectivity index (χ1v) is 6.26. The van der Waals surface area contributed by atoms with Crippen molar-refractivity contribution in [1.29, 1.82) is 0 Å². The molecule has 0 fully saturated rings. The van der Waals surface area contributed by atoms with E-state index in [1.165, 1.54) is 12.1 Å². The Labute approximate surface area is 120 Å². The van der Waals surface area contributed by atoms with Crippen LogP contribution >= 0.6 is 0 Å². The van der Waals surface area contributed by atoms with Crippen molar-refractivity contribution in [2.75, 3.05) is 5.32 Å². The molecule has 0 saturated carbocycles. The summed E-state index contributed by atoms with van der Waals surface area (Å²) in [7, 11) is 0. The van der Waals surface area contributed by atoms with E-state index < -0.39 is 11.9 Å². The number of nitrogens with zero attached hydrogens (tertiary/aromatic N) is 1. The molecule has 0 bridgehead atoms. The summed E-state index contributed by atoms with van der Waals surface area (Å²) in [4.78, 5) is 23.4. The minimum Gasteiger partial charge on any atom is -0.508 e. The Balaban J connectivity index is 2.36. The molecule has 1 aromatic heterocycles. The molecule has 0 unspecified atom stereocenters. The van der Waals surface area contributed by atoms with Crippen molar-refractivity contribution in [2.24, 2.45) is 0 Å². The van der Waals surface area contributed by atoms with Crippen molar-refractivity contribution in [1.82, 2.24) is 5.16 Å². The monoisotopic (exact) mass is 290 g/mol. The molecular formula is C14H14N2O5. The maximum Gasteiger partial charge on any atom is 0.337 e. The molecule has 0 radical (unpaired) electrons. The van der Waals surface area contributed by atoms with Gasteiger partial charge in [0.15, 0.2) is 0 Å². The maximum absolute atomic E-state index is 12.3. The van der Waals surface area contributed by atoms with E-state index in [0.717, 1.165) is 6.07 Å². The Hall–Kier alpha value is -2.83. The molecule has 2 rings (SSSR count). The van der Waals surface area contributed by atoms with Gasteiger partial charge in [0, 0.05) is 0 Å². The highest BCUT2D eigenvalue weighted by Crippen LogP contribution is 2.23. The summed E-state index contributed by atoms with van der Waals surface area (Å²) in [6.07, 6.45) is 0.515. The highest BCUT2D eigenvalue weighted by molar-refractivity contribution is 6.08. The van der Waals surface area contributed by atoms with Crippen LogP contribution in [0.2, 0.25) is 0 Å². The number of hydrogen-bond acceptors (Lipinski definition) is 5. The molecule has 3 N–H and O–H groups in total. The Kier molecular flexibility index (Phi) is 3.93. The largest absolute Gasteiger partial charge is 0.508 e. The normalized spacial score (nSPS) is 10.4. The molecule has 0 aliphatic rings. The van der Waals surface area contributed by atoms with Gasteiger partial charge >= 0.3 is 5.97 Å². The molecule has 0 saturated heterocycles. The number of phenolic OH excluding ortho intramolecular Hbond substituents is 1. The van der Waals surface area contributed by atoms with Crippen LogP contribution in [-0.4, -0.2) is 27.2 Å². The number of nitrogens with one attached hydrogen (secondary N) is 1. The van der Waals surface area contributed by atoms with E-state index in [1.807, 2.05) is 6.92 Å². The molecule has 1 heterocycles. The van der Waals surface area contributed by atoms with E-state index in [1.54, 1.807) is 6.92 Å². The summed E-state index contributed by atoms with van der Waals surface area (Å²) in [5.41, 5.74) is 0.686. The van der Waals surface area contributed by atoms with Crippen molar-refractivity contribution >= 4 is 17.6 Å². The molecular weight excluding hydrogens is 276 g/mol. The van der Waals surface area contributed by atoms with E-state index in [4.69, 9.17) is 9.63 Å². The number of benzene rings is 1. The minimum absolute atomic E-state index is 0.0907. The van der Waals surface area contributed by atoms with Gasteiger partial charge in [0.1, 0.15) is 17.1 Å². The highest BCUT2D eigenvalue weighted by atomic mass is 16.5. The molecule has 1 amide bonds. The van der Waals surface area contributed by atoms with E-state index in [2.05, 4.69) is 10.5 Å². The third-order valence-corrected chi connectivity index (χ3v) is 2.98. The number of aryl methyl sites for hydroxylation is 2. The smallest absolute Gasteiger partial charge is 0.337 e. The number of aromatic nitrogens is 1. The topological polar surface area (TPSA) is 113 Å². The lowest BCUT2D eigenvalue weighted by Gasteiger charge is -2.09. The van der Waals surface area contributed by atoms with Crippen LogP contribution in [0.3, 0.4) is 0 Å². The fraction of sp³-hybridized carbons (Fsp3) is 0.214. The number of aromatic hydroxyl groups is 1. The van der Waals surface area contributed by atoms with Gasteiger partial charge in [0.05, 0.1) is 16.9 Å². The second-order valence-electron chi connectivity index (χ2n) is 4.40. The van der Waals surface area contributed by atoms with Crippen LogP contribution in [0.5, 0.6) is 5.75 Å². The molecule has 0 aliphatic carbocycles. The van der Waals surface area contributed by atoms with E-state index in [0.29, 0.717) is 23.4 Å². The summed E-state index contributed by atoms with van der Waals surface area (Å²) >= 11 is 0. The Morgan fingerprint density at radius 3 is 2.71 bits per heavy atom. The highest BCUT2D eigenvalue weighted by Gasteiger charge is 2.21. The van der Waals surface area contributed by atoms with Gasteiger partial charge in [-0.05, 0) is 31.5 Å². The van der Waals surface area contributed by atoms with Gasteiger partial charge in [0.2, 0.25) is 0 Å². The lowest BCUT2D eigenvalue weighted by Crippen LogP contribution is -2.16. The SMILES string of the molecule is CCc1noc(C)c1C(=O)Nc1ccc(O)cc1C(=O)O. The van der Waals surface area contributed by atoms with Crippen LogP contribution in [0, 0.1) is 6.92 Å². The fourth-order valence-electron chi connectivity index (χ4n) is 1.95. The zero-order valence-corrected chi connectivity index (χ0v) is 11.5. The molecule has 0 atom stereocenters. The first-order chi connectivity index (χ1) is 9.93. The van der Waals surface area contributed by atoms with Gasteiger partial charge in [-0.2, -0.15) is 0 Å². The summed E-state index contributed by atoms with van der Waals surface area (Å²) < 4.78 is 4.98. The first-order valence-electron chi connectivity index (χ1n) is 6.26. The molecule has 7 nitrogen and oxygen atoms in total. The van der Waals surface area contributed by atoms with E-state index in [9.17, 15) is 14.7 Å². The summed E-state index contributed by atoms with van der Waals surface area (Å²) in [6, 6.07) is 3.69. The van der Waals surface area contributed by atoms with Crippen LogP contribution in [0.1, 0.15) is 39.1 Å². The third kappa shape index (κ3) is 2.86. The zero-order valence-electron chi connectivity index (χ0n) is 11.5. The van der Waals surface area contributed by atoms with Crippen LogP contribution in [0.4, 0.5) is 5.69 Å². The van der Waals surface area contributed by atoms with Gasteiger partial charge in [-0.1, -0.05) is 12.1 Å². The van der Waals surface area contributed by atoms with Gasteiger partial charge in [-0.3, -0.25) is 4.79 Å². The quantitative estimate of drug-likeness (QED) is 0.744. The standard InChI is InChI=1S/C14H14N2O5/c1-3-10-12(7(2)21-16-10)13(18)15-11-5-4-8(17)6-9(11)14(19)20/h4-6,17H,3H2,1-2H3,(H,15,18)(H,19,20). The van der Waals surface area contributed by atoms with Gasteiger partial charge in [0.25, 0.3) is 5.91 Å². The van der Waals surface area contributed by atoms with E-state index >= 15 is 0 Å². The Bertz CT molecular complexity index is 705. The summed E-state index contributed by atoms with van der Waals surface area (Å²) in [5.74, 6) is -1.58. The van der Waals surface area contributed by atoms with Gasteiger partial charge in [-0.25, -0.2) is 4.79 Å². The summed E-state index contributed by atoms with van der Waals surface area (Å²) in [5, 5.41) is 24.7. The van der Waals surface area contributed by atoms with Crippen LogP contribution in [0.15, 0.2) is 22.7 Å². The number of carboxylic acids is 1. The van der Waals surface area contributed by atoms with Crippen LogP contribution < -0.4 is 5.32 Å². The van der Waals surface area contributed by atoms with Crippen molar-refractivity contribution in [3.63, 3.8) is 0 Å². The maximum atomic E-state index is 12.3. The van der Waals surface area contributed by atoms with Crippen LogP contribution in [-0.2, 0) is 6.42 Å². The zero-order chi connectivity index (χ0) is 15.6. The number of rotatable bonds is 4. The van der Waals surface area contributed by atoms with Crippen molar-refractivity contribution in [3.8, 4) is 5.75 Å². The molecule has 110 valence electrons. The molecule has 2 aromatic rings. The molecule has 21 heavy (non-hydrogen) atoms. The Morgan fingerprint density at radius 2 is 2.10 bits per heavy atom. The number of hydrogen-bond donors (Lipinski definition) is 3. The van der Waals surface area contributed by atoms with E-state index in [-0.39, 0.29) is 17.0 Å². The number of aromatic carboxylic acids is 1. The molecule has 0 aliphatic heterocycles. The fourth-order valence-corrected chi connectivity index (χ4v) is 1.95. The number of carbonyl (C=O) groups is 2. The van der Waals surface area contributed by atoms with Gasteiger partial charge < -0.3 is 20.1 Å². The number of anilines is 1. The summed E-state index contributed by atoms with van der Waals surface area (Å²) in [6.45, 7) is 3.44. The molecule has 7 heteroatoms. The second kappa shape index (κ2) is 5.66. The third-order valence-electron chi connectivity index (χ3n) is 2.98.